The number of benzene rings is 6. The third kappa shape index (κ3) is 6.20. The molecule has 0 bridgehead atoms. The van der Waals surface area contributed by atoms with Crippen molar-refractivity contribution in [1.82, 2.24) is 15.0 Å². The van der Waals surface area contributed by atoms with Gasteiger partial charge in [0.05, 0.1) is 0 Å². The molecule has 0 saturated carbocycles. The molecule has 0 N–H and O–H groups in total. The molecule has 5 nitrogen and oxygen atoms in total. The van der Waals surface area contributed by atoms with Crippen molar-refractivity contribution >= 4 is 71.7 Å². The summed E-state index contributed by atoms with van der Waals surface area (Å²) in [5.41, 5.74) is 8.61. The summed E-state index contributed by atoms with van der Waals surface area (Å²) in [5, 5.41) is 4.61. The van der Waals surface area contributed by atoms with Crippen molar-refractivity contribution in [3.05, 3.63) is 180 Å². The Labute approximate surface area is 345 Å². The summed E-state index contributed by atoms with van der Waals surface area (Å²) >= 11 is 1.79. The average molecular weight is 780 g/mol. The third-order valence-corrected chi connectivity index (χ3v) is 12.5. The van der Waals surface area contributed by atoms with Crippen LogP contribution in [0.5, 0.6) is 0 Å². The molecule has 6 aromatic carbocycles. The van der Waals surface area contributed by atoms with E-state index >= 15 is 0 Å². The van der Waals surface area contributed by atoms with Crippen molar-refractivity contribution in [3.63, 3.8) is 0 Å². The highest BCUT2D eigenvalue weighted by Gasteiger charge is 2.29. The minimum absolute atomic E-state index is 0.294. The number of hydrogen-bond donors (Lipinski definition) is 0. The van der Waals surface area contributed by atoms with Crippen LogP contribution >= 0.6 is 11.3 Å². The van der Waals surface area contributed by atoms with E-state index in [1.165, 1.54) is 20.2 Å². The Hall–Kier alpha value is -7.15. The second kappa shape index (κ2) is 14.0. The van der Waals surface area contributed by atoms with Crippen LogP contribution in [0.25, 0.3) is 106 Å². The molecule has 0 amide bonds. The molecule has 1 aliphatic rings. The molecule has 0 saturated heterocycles. The number of fused-ring (bicyclic) bond motifs is 7. The smallest absolute Gasteiger partial charge is 0.164 e. The van der Waals surface area contributed by atoms with Crippen molar-refractivity contribution < 1.29 is 8.83 Å². The van der Waals surface area contributed by atoms with Crippen molar-refractivity contribution in [2.45, 2.75) is 20.3 Å². The molecule has 0 radical (unpaired) electrons. The van der Waals surface area contributed by atoms with E-state index in [-0.39, 0.29) is 5.41 Å². The lowest BCUT2D eigenvalue weighted by Gasteiger charge is -2.24. The largest absolute Gasteiger partial charge is 0.460 e. The second-order valence-corrected chi connectivity index (χ2v) is 16.5. The number of aromatic nitrogens is 3. The number of furan rings is 2. The Bertz CT molecular complexity index is 3330. The van der Waals surface area contributed by atoms with E-state index in [1.807, 2.05) is 43.3 Å². The minimum Gasteiger partial charge on any atom is -0.460 e. The zero-order valence-electron chi connectivity index (χ0n) is 32.5. The summed E-state index contributed by atoms with van der Waals surface area (Å²) in [5.74, 6) is 3.63. The van der Waals surface area contributed by atoms with Crippen LogP contribution in [0.2, 0.25) is 0 Å². The monoisotopic (exact) mass is 779 g/mol. The molecule has 4 heterocycles. The molecular formula is C53H37N3O2S. The molecule has 282 valence electrons. The quantitative estimate of drug-likeness (QED) is 0.161. The topological polar surface area (TPSA) is 65.0 Å². The Morgan fingerprint density at radius 2 is 1.27 bits per heavy atom. The molecule has 59 heavy (non-hydrogen) atoms. The zero-order chi connectivity index (χ0) is 39.5. The van der Waals surface area contributed by atoms with Gasteiger partial charge in [0.25, 0.3) is 0 Å². The zero-order valence-corrected chi connectivity index (χ0v) is 33.3. The normalized spacial score (nSPS) is 15.4. The maximum atomic E-state index is 6.68. The molecule has 0 spiro atoms. The van der Waals surface area contributed by atoms with E-state index < -0.39 is 0 Å². The first-order valence-electron chi connectivity index (χ1n) is 19.9. The second-order valence-electron chi connectivity index (χ2n) is 15.4. The number of rotatable bonds is 7. The van der Waals surface area contributed by atoms with E-state index in [2.05, 4.69) is 147 Å². The summed E-state index contributed by atoms with van der Waals surface area (Å²) in [6.45, 7) is 4.26. The van der Waals surface area contributed by atoms with Gasteiger partial charge in [0.2, 0.25) is 0 Å². The maximum Gasteiger partial charge on any atom is 0.164 e. The van der Waals surface area contributed by atoms with Gasteiger partial charge >= 0.3 is 0 Å². The minimum atomic E-state index is -0.294. The Morgan fingerprint density at radius 3 is 2.12 bits per heavy atom. The molecule has 11 rings (SSSR count). The van der Waals surface area contributed by atoms with E-state index in [1.54, 1.807) is 11.3 Å². The molecule has 4 aromatic heterocycles. The van der Waals surface area contributed by atoms with Gasteiger partial charge in [0.15, 0.2) is 17.5 Å². The number of thiophene rings is 1. The molecule has 1 unspecified atom stereocenters. The van der Waals surface area contributed by atoms with Crippen LogP contribution in [0, 0.1) is 5.41 Å². The van der Waals surface area contributed by atoms with Gasteiger partial charge in [-0.25, -0.2) is 15.0 Å². The van der Waals surface area contributed by atoms with Crippen molar-refractivity contribution in [1.29, 1.82) is 0 Å². The molecular weight excluding hydrogens is 743 g/mol. The van der Waals surface area contributed by atoms with Crippen molar-refractivity contribution in [3.8, 4) is 45.3 Å². The highest BCUT2D eigenvalue weighted by Crippen LogP contribution is 2.43. The van der Waals surface area contributed by atoms with E-state index in [0.29, 0.717) is 23.9 Å². The van der Waals surface area contributed by atoms with Gasteiger partial charge in [-0.3, -0.25) is 0 Å². The fourth-order valence-electron chi connectivity index (χ4n) is 8.38. The maximum absolute atomic E-state index is 6.68. The van der Waals surface area contributed by atoms with Gasteiger partial charge in [0, 0.05) is 70.6 Å². The van der Waals surface area contributed by atoms with Gasteiger partial charge in [-0.1, -0.05) is 153 Å². The first-order valence-corrected chi connectivity index (χ1v) is 20.7. The highest BCUT2D eigenvalue weighted by molar-refractivity contribution is 7.25. The predicted molar refractivity (Wildman–Crippen MR) is 245 cm³/mol. The fourth-order valence-corrected chi connectivity index (χ4v) is 9.53. The molecule has 10 aromatic rings. The standard InChI is InChI=1S/C53H37N3O2S/c1-3-12-37-38-15-7-9-18-43(38)57-44(37)28-30-53(2)29-27-41-46(32-53)58-45-19-11-17-42(49(41)45)52-55-50(35-23-21-34(22-24-35)33-13-5-4-6-14-33)54-51(56-52)36-25-26-40-39-16-8-10-20-47(39)59-48(40)31-36/h3-31H,32H2,1-2H3/b12-3-,30-28+. The van der Waals surface area contributed by atoms with Crippen LogP contribution in [-0.2, 0) is 6.42 Å². The fraction of sp³-hybridized carbons (Fsp3) is 0.0755. The van der Waals surface area contributed by atoms with E-state index in [4.69, 9.17) is 23.8 Å². The highest BCUT2D eigenvalue weighted by atomic mass is 32.1. The third-order valence-electron chi connectivity index (χ3n) is 11.4. The van der Waals surface area contributed by atoms with Gasteiger partial charge in [-0.05, 0) is 48.4 Å². The molecule has 0 fully saturated rings. The number of allylic oxidation sites excluding steroid dienone is 3. The number of para-hydroxylation sites is 1. The van der Waals surface area contributed by atoms with Gasteiger partial charge < -0.3 is 8.83 Å². The van der Waals surface area contributed by atoms with Crippen LogP contribution in [0.1, 0.15) is 36.5 Å². The van der Waals surface area contributed by atoms with Crippen LogP contribution in [0.3, 0.4) is 0 Å². The summed E-state index contributed by atoms with van der Waals surface area (Å²) in [6, 6.07) is 48.3. The Balaban J connectivity index is 1.01. The van der Waals surface area contributed by atoms with Crippen LogP contribution in [0.4, 0.5) is 0 Å². The van der Waals surface area contributed by atoms with Crippen molar-refractivity contribution in [2.75, 3.05) is 0 Å². The SMILES string of the molecule is C/C=C\c1c(/C=C/C2(C)C=Cc3c(oc4cccc(-c5nc(-c6ccc(-c7ccccc7)cc6)nc(-c6ccc7c(c6)sc6ccccc67)n5)c34)C2)oc2ccccc12. The first-order chi connectivity index (χ1) is 29.0. The predicted octanol–water partition coefficient (Wildman–Crippen LogP) is 14.7. The van der Waals surface area contributed by atoms with Crippen LogP contribution < -0.4 is 0 Å². The summed E-state index contributed by atoms with van der Waals surface area (Å²) in [7, 11) is 0. The van der Waals surface area contributed by atoms with Gasteiger partial charge in [-0.15, -0.1) is 11.3 Å². The molecule has 1 atom stereocenters. The first kappa shape index (κ1) is 35.0. The number of nitrogens with zero attached hydrogens (tertiary/aromatic N) is 3. The Morgan fingerprint density at radius 1 is 0.593 bits per heavy atom. The van der Waals surface area contributed by atoms with Crippen LogP contribution in [-0.4, -0.2) is 15.0 Å². The van der Waals surface area contributed by atoms with E-state index in [0.717, 1.165) is 72.4 Å². The summed E-state index contributed by atoms with van der Waals surface area (Å²) in [6.07, 6.45) is 13.7. The molecule has 6 heteroatoms. The average Bonchev–Trinajstić information content (AvgIpc) is 3.96. The summed E-state index contributed by atoms with van der Waals surface area (Å²) in [4.78, 5) is 15.6. The lowest BCUT2D eigenvalue weighted by molar-refractivity contribution is 0.453. The lowest BCUT2D eigenvalue weighted by atomic mass is 9.79. The Kier molecular flexibility index (Phi) is 8.34. The van der Waals surface area contributed by atoms with E-state index in [9.17, 15) is 0 Å². The van der Waals surface area contributed by atoms with Gasteiger partial charge in [0.1, 0.15) is 22.7 Å². The lowest BCUT2D eigenvalue weighted by Crippen LogP contribution is -2.16. The number of hydrogen-bond acceptors (Lipinski definition) is 6. The summed E-state index contributed by atoms with van der Waals surface area (Å²) < 4.78 is 15.5. The van der Waals surface area contributed by atoms with Gasteiger partial charge in [-0.2, -0.15) is 0 Å². The van der Waals surface area contributed by atoms with Crippen molar-refractivity contribution in [2.24, 2.45) is 5.41 Å². The molecule has 1 aliphatic carbocycles. The van der Waals surface area contributed by atoms with Crippen LogP contribution in [0.15, 0.2) is 167 Å². The molecule has 0 aliphatic heterocycles.